The van der Waals surface area contributed by atoms with E-state index in [4.69, 9.17) is 0 Å². The first-order chi connectivity index (χ1) is 44.4. The van der Waals surface area contributed by atoms with Gasteiger partial charge in [-0.2, -0.15) is 0 Å². The number of hydrogen-bond donors (Lipinski definition) is 0. The van der Waals surface area contributed by atoms with Crippen molar-refractivity contribution < 1.29 is 0 Å². The third-order valence-corrected chi connectivity index (χ3v) is 20.8. The summed E-state index contributed by atoms with van der Waals surface area (Å²) in [5.74, 6) is 0.369. The highest BCUT2D eigenvalue weighted by atomic mass is 15.0. The van der Waals surface area contributed by atoms with E-state index in [-0.39, 0.29) is 10.8 Å². The van der Waals surface area contributed by atoms with Crippen LogP contribution in [0.2, 0.25) is 0 Å². The molecule has 18 rings (SSSR count). The molecule has 0 atom stereocenters. The normalized spacial score (nSPS) is 13.7. The Bertz CT molecular complexity index is 5700. The van der Waals surface area contributed by atoms with Crippen LogP contribution in [0.4, 0.5) is 0 Å². The van der Waals surface area contributed by atoms with E-state index in [2.05, 4.69) is 336 Å². The van der Waals surface area contributed by atoms with E-state index in [0.29, 0.717) is 5.92 Å². The molecule has 0 unspecified atom stereocenters. The predicted octanol–water partition coefficient (Wildman–Crippen LogP) is 24.3. The first kappa shape index (κ1) is 53.2. The lowest BCUT2D eigenvalue weighted by Gasteiger charge is -2.23. The van der Waals surface area contributed by atoms with Crippen molar-refractivity contribution in [3.63, 3.8) is 0 Å². The first-order valence-electron chi connectivity index (χ1n) is 32.3. The molecular formula is C89H66N2. The predicted molar refractivity (Wildman–Crippen MR) is 387 cm³/mol. The van der Waals surface area contributed by atoms with E-state index in [1.165, 1.54) is 171 Å². The number of rotatable bonds is 8. The Hall–Kier alpha value is -10.8. The lowest BCUT2D eigenvalue weighted by molar-refractivity contribution is 0.660. The molecule has 0 saturated carbocycles. The van der Waals surface area contributed by atoms with Crippen LogP contribution in [0.15, 0.2) is 285 Å². The molecule has 2 aliphatic carbocycles. The van der Waals surface area contributed by atoms with Crippen molar-refractivity contribution in [3.05, 3.63) is 313 Å². The van der Waals surface area contributed by atoms with Crippen LogP contribution in [-0.2, 0) is 10.8 Å². The topological polar surface area (TPSA) is 9.86 Å². The van der Waals surface area contributed by atoms with Gasteiger partial charge in [0.1, 0.15) is 0 Å². The molecular weight excluding hydrogens is 1100 g/mol. The standard InChI is InChI=1S/C89H66N2/c1-54(2)66-44-67(61-32-31-59-42-58(29-30-60(59)43-61)57-28-27-55-17-7-8-18-56(55)41-57)46-68(45-66)63-34-39-75-74-37-33-62(49-82(74)89(5,6)83(75)50-63)65-36-40-79-78-22-12-16-26-86(78)91(87(79)52-65)71-48-69(64-35-38-73-72-19-9-13-23-80(72)88(3,4)81(73)51-64)47-70(53-71)90-84-24-14-10-20-76(84)77-21-11-15-25-85(77)90/h7-54H,1-6H3. The van der Waals surface area contributed by atoms with Gasteiger partial charge in [0.05, 0.1) is 22.1 Å². The largest absolute Gasteiger partial charge is 0.309 e. The molecule has 16 aromatic rings. The molecule has 14 aromatic carbocycles. The summed E-state index contributed by atoms with van der Waals surface area (Å²) >= 11 is 0. The quantitative estimate of drug-likeness (QED) is 0.144. The molecule has 2 aromatic heterocycles. The van der Waals surface area contributed by atoms with Crippen molar-refractivity contribution in [1.82, 2.24) is 9.13 Å². The van der Waals surface area contributed by atoms with Crippen LogP contribution >= 0.6 is 0 Å². The summed E-state index contributed by atoms with van der Waals surface area (Å²) < 4.78 is 5.00. The van der Waals surface area contributed by atoms with Gasteiger partial charge in [-0.15, -0.1) is 0 Å². The monoisotopic (exact) mass is 1160 g/mol. The summed E-state index contributed by atoms with van der Waals surface area (Å²) in [6.07, 6.45) is 0. The molecule has 2 heterocycles. The third kappa shape index (κ3) is 8.25. The Kier molecular flexibility index (Phi) is 11.6. The lowest BCUT2D eigenvalue weighted by Crippen LogP contribution is -2.15. The smallest absolute Gasteiger partial charge is 0.0547 e. The minimum atomic E-state index is -0.239. The molecule has 0 amide bonds. The zero-order chi connectivity index (χ0) is 61.0. The number of fused-ring (bicyclic) bond motifs is 14. The van der Waals surface area contributed by atoms with E-state index in [0.717, 1.165) is 11.4 Å². The van der Waals surface area contributed by atoms with Crippen molar-refractivity contribution in [1.29, 1.82) is 0 Å². The van der Waals surface area contributed by atoms with Gasteiger partial charge >= 0.3 is 0 Å². The van der Waals surface area contributed by atoms with Gasteiger partial charge in [0, 0.05) is 43.7 Å². The second kappa shape index (κ2) is 19.9. The zero-order valence-electron chi connectivity index (χ0n) is 52.1. The van der Waals surface area contributed by atoms with E-state index >= 15 is 0 Å². The number of aromatic nitrogens is 2. The van der Waals surface area contributed by atoms with Gasteiger partial charge < -0.3 is 9.13 Å². The average Bonchev–Trinajstić information content (AvgIpc) is 1.64. The van der Waals surface area contributed by atoms with Crippen LogP contribution in [0.25, 0.3) is 154 Å². The molecule has 0 fully saturated rings. The van der Waals surface area contributed by atoms with Gasteiger partial charge in [-0.1, -0.05) is 242 Å². The van der Waals surface area contributed by atoms with Crippen LogP contribution < -0.4 is 0 Å². The van der Waals surface area contributed by atoms with Crippen LogP contribution in [0.3, 0.4) is 0 Å². The lowest BCUT2D eigenvalue weighted by atomic mass is 9.80. The summed E-state index contributed by atoms with van der Waals surface area (Å²) in [6, 6.07) is 108. The molecule has 0 spiro atoms. The van der Waals surface area contributed by atoms with Crippen LogP contribution in [0, 0.1) is 0 Å². The minimum absolute atomic E-state index is 0.131. The van der Waals surface area contributed by atoms with Gasteiger partial charge in [-0.05, 0) is 218 Å². The van der Waals surface area contributed by atoms with Gasteiger partial charge in [0.25, 0.3) is 0 Å². The summed E-state index contributed by atoms with van der Waals surface area (Å²) in [4.78, 5) is 0. The van der Waals surface area contributed by atoms with Crippen LogP contribution in [-0.4, -0.2) is 9.13 Å². The van der Waals surface area contributed by atoms with Gasteiger partial charge in [0.15, 0.2) is 0 Å². The van der Waals surface area contributed by atoms with E-state index in [1.807, 2.05) is 0 Å². The van der Waals surface area contributed by atoms with Crippen molar-refractivity contribution in [2.75, 3.05) is 0 Å². The molecule has 0 bridgehead atoms. The SMILES string of the molecule is CC(C)c1cc(-c2ccc3c(c2)C(C)(C)c2cc(-c4ccc5c6ccccc6n(-c6cc(-c7ccc8c(c7)C(C)(C)c7ccccc7-8)cc(-n7c8ccccc8c8ccccc87)c6)c5c4)ccc2-3)cc(-c2ccc3cc(-c4ccc5ccccc5c4)ccc3c2)c1. The molecule has 2 heteroatoms. The average molecular weight is 1160 g/mol. The Morgan fingerprint density at radius 1 is 0.242 bits per heavy atom. The summed E-state index contributed by atoms with van der Waals surface area (Å²) in [6.45, 7) is 14.2. The Morgan fingerprint density at radius 3 is 1.13 bits per heavy atom. The van der Waals surface area contributed by atoms with Crippen molar-refractivity contribution in [3.8, 4) is 89.3 Å². The fourth-order valence-corrected chi connectivity index (χ4v) is 15.9. The third-order valence-electron chi connectivity index (χ3n) is 20.8. The van der Waals surface area contributed by atoms with Crippen molar-refractivity contribution >= 4 is 65.2 Å². The number of hydrogen-bond acceptors (Lipinski definition) is 0. The summed E-state index contributed by atoms with van der Waals surface area (Å²) in [5.41, 5.74) is 31.0. The molecule has 0 saturated heterocycles. The van der Waals surface area contributed by atoms with E-state index in [9.17, 15) is 0 Å². The highest BCUT2D eigenvalue weighted by Gasteiger charge is 2.37. The first-order valence-corrected chi connectivity index (χ1v) is 32.3. The van der Waals surface area contributed by atoms with Crippen LogP contribution in [0.5, 0.6) is 0 Å². The highest BCUT2D eigenvalue weighted by Crippen LogP contribution is 2.53. The Labute approximate surface area is 531 Å². The van der Waals surface area contributed by atoms with Gasteiger partial charge in [0.2, 0.25) is 0 Å². The summed E-state index contributed by atoms with van der Waals surface area (Å²) in [5, 5.41) is 9.99. The molecule has 0 aliphatic heterocycles. The Balaban J connectivity index is 0.726. The van der Waals surface area contributed by atoms with Crippen molar-refractivity contribution in [2.45, 2.75) is 58.3 Å². The molecule has 2 nitrogen and oxygen atoms in total. The fourth-order valence-electron chi connectivity index (χ4n) is 15.9. The maximum absolute atomic E-state index is 2.53. The summed E-state index contributed by atoms with van der Waals surface area (Å²) in [7, 11) is 0. The highest BCUT2D eigenvalue weighted by molar-refractivity contribution is 6.12. The van der Waals surface area contributed by atoms with Crippen LogP contribution in [0.1, 0.15) is 75.3 Å². The molecule has 91 heavy (non-hydrogen) atoms. The number of nitrogens with zero attached hydrogens (tertiary/aromatic N) is 2. The zero-order valence-corrected chi connectivity index (χ0v) is 52.1. The fraction of sp³-hybridized carbons (Fsp3) is 0.101. The Morgan fingerprint density at radius 2 is 0.593 bits per heavy atom. The van der Waals surface area contributed by atoms with Gasteiger partial charge in [-0.25, -0.2) is 0 Å². The molecule has 2 aliphatic rings. The second-order valence-electron chi connectivity index (χ2n) is 27.1. The van der Waals surface area contributed by atoms with E-state index in [1.54, 1.807) is 0 Å². The maximum Gasteiger partial charge on any atom is 0.0547 e. The van der Waals surface area contributed by atoms with E-state index < -0.39 is 0 Å². The molecule has 0 N–H and O–H groups in total. The van der Waals surface area contributed by atoms with Gasteiger partial charge in [-0.3, -0.25) is 0 Å². The minimum Gasteiger partial charge on any atom is -0.309 e. The number of para-hydroxylation sites is 3. The number of benzene rings is 14. The second-order valence-corrected chi connectivity index (χ2v) is 27.1. The molecule has 432 valence electrons. The molecule has 0 radical (unpaired) electrons. The van der Waals surface area contributed by atoms with Crippen molar-refractivity contribution in [2.24, 2.45) is 0 Å². The maximum atomic E-state index is 2.53.